The lowest BCUT2D eigenvalue weighted by Crippen LogP contribution is -2.23. The second-order valence-electron chi connectivity index (χ2n) is 7.44. The fraction of sp³-hybridized carbons (Fsp3) is 0.120. The second kappa shape index (κ2) is 9.77. The summed E-state index contributed by atoms with van der Waals surface area (Å²) in [7, 11) is 3.17. The van der Waals surface area contributed by atoms with Crippen LogP contribution in [-0.2, 0) is 4.79 Å². The molecule has 8 nitrogen and oxygen atoms in total. The van der Waals surface area contributed by atoms with E-state index < -0.39 is 0 Å². The van der Waals surface area contributed by atoms with Crippen molar-refractivity contribution >= 4 is 55.3 Å². The molecule has 0 atom stereocenters. The van der Waals surface area contributed by atoms with Crippen LogP contribution in [0.3, 0.4) is 0 Å². The Balaban J connectivity index is 1.43. The van der Waals surface area contributed by atoms with Crippen molar-refractivity contribution in [3.63, 3.8) is 0 Å². The van der Waals surface area contributed by atoms with Crippen LogP contribution in [0, 0.1) is 0 Å². The number of nitrogens with zero attached hydrogens (tertiary/aromatic N) is 3. The number of anilines is 1. The molecule has 0 saturated carbocycles. The summed E-state index contributed by atoms with van der Waals surface area (Å²) in [6.45, 7) is 0. The largest absolute Gasteiger partial charge is 0.497 e. The Hall–Kier alpha value is -3.89. The number of carbonyl (C=O) groups is 1. The van der Waals surface area contributed by atoms with Gasteiger partial charge in [-0.25, -0.2) is 9.97 Å². The third-order valence-electron chi connectivity index (χ3n) is 5.23. The first-order valence-corrected chi connectivity index (χ1v) is 12.4. The second-order valence-corrected chi connectivity index (χ2v) is 9.42. The highest BCUT2D eigenvalue weighted by Crippen LogP contribution is 2.29. The molecule has 2 heterocycles. The number of rotatable bonds is 7. The first kappa shape index (κ1) is 22.9. The molecule has 35 heavy (non-hydrogen) atoms. The number of fused-ring (bicyclic) bond motifs is 2. The minimum atomic E-state index is -0.249. The van der Waals surface area contributed by atoms with E-state index in [-0.39, 0.29) is 17.2 Å². The predicted octanol–water partition coefficient (Wildman–Crippen LogP) is 4.74. The molecule has 0 radical (unpaired) electrons. The van der Waals surface area contributed by atoms with Crippen molar-refractivity contribution in [1.82, 2.24) is 14.5 Å². The minimum Gasteiger partial charge on any atom is -0.497 e. The minimum absolute atomic E-state index is 0.0496. The van der Waals surface area contributed by atoms with Crippen molar-refractivity contribution in [2.45, 2.75) is 5.16 Å². The topological polar surface area (TPSA) is 95.3 Å². The maximum Gasteiger partial charge on any atom is 0.266 e. The van der Waals surface area contributed by atoms with Gasteiger partial charge in [-0.05, 0) is 42.5 Å². The summed E-state index contributed by atoms with van der Waals surface area (Å²) in [5.41, 5.74) is 1.74. The standard InChI is InChI=1S/C25H20N4O4S2/c1-32-16-7-5-6-15(12-16)29-23(31)18-8-3-4-9-19(18)27-25(29)34-14-22(30)28-24-26-20-11-10-17(33-2)13-21(20)35-24/h3-13H,14H2,1-2H3,(H,26,28,30). The highest BCUT2D eigenvalue weighted by Gasteiger charge is 2.16. The number of aromatic nitrogens is 3. The number of amides is 1. The summed E-state index contributed by atoms with van der Waals surface area (Å²) < 4.78 is 13.0. The molecular formula is C25H20N4O4S2. The molecule has 5 aromatic rings. The molecule has 1 N–H and O–H groups in total. The van der Waals surface area contributed by atoms with Crippen molar-refractivity contribution in [2.24, 2.45) is 0 Å². The Morgan fingerprint density at radius 3 is 2.60 bits per heavy atom. The quantitative estimate of drug-likeness (QED) is 0.253. The van der Waals surface area contributed by atoms with E-state index >= 15 is 0 Å². The van der Waals surface area contributed by atoms with Crippen molar-refractivity contribution in [1.29, 1.82) is 0 Å². The number of benzene rings is 3. The van der Waals surface area contributed by atoms with E-state index in [1.54, 1.807) is 56.7 Å². The number of ether oxygens (including phenoxy) is 2. The van der Waals surface area contributed by atoms with Crippen LogP contribution < -0.4 is 20.3 Å². The number of hydrogen-bond donors (Lipinski definition) is 1. The summed E-state index contributed by atoms with van der Waals surface area (Å²) in [4.78, 5) is 35.3. The van der Waals surface area contributed by atoms with E-state index in [9.17, 15) is 9.59 Å². The van der Waals surface area contributed by atoms with Crippen molar-refractivity contribution in [2.75, 3.05) is 25.3 Å². The first-order valence-electron chi connectivity index (χ1n) is 10.6. The summed E-state index contributed by atoms with van der Waals surface area (Å²) in [6, 6.07) is 19.9. The molecule has 1 amide bonds. The van der Waals surface area contributed by atoms with Gasteiger partial charge >= 0.3 is 0 Å². The molecule has 2 aromatic heterocycles. The molecule has 3 aromatic carbocycles. The number of para-hydroxylation sites is 1. The van der Waals surface area contributed by atoms with Gasteiger partial charge in [0.05, 0.1) is 46.8 Å². The van der Waals surface area contributed by atoms with Crippen LogP contribution in [0.4, 0.5) is 5.13 Å². The number of hydrogen-bond acceptors (Lipinski definition) is 8. The van der Waals surface area contributed by atoms with Gasteiger partial charge in [-0.3, -0.25) is 14.2 Å². The monoisotopic (exact) mass is 504 g/mol. The number of nitrogens with one attached hydrogen (secondary N) is 1. The zero-order valence-electron chi connectivity index (χ0n) is 18.8. The average molecular weight is 505 g/mol. The number of methoxy groups -OCH3 is 2. The third kappa shape index (κ3) is 4.71. The van der Waals surface area contributed by atoms with Crippen molar-refractivity contribution in [3.05, 3.63) is 77.1 Å². The van der Waals surface area contributed by atoms with Gasteiger partial charge in [0, 0.05) is 6.07 Å². The summed E-state index contributed by atoms with van der Waals surface area (Å²) in [5, 5.41) is 4.24. The Morgan fingerprint density at radius 1 is 0.971 bits per heavy atom. The lowest BCUT2D eigenvalue weighted by molar-refractivity contribution is -0.113. The molecule has 0 aliphatic heterocycles. The van der Waals surface area contributed by atoms with Crippen molar-refractivity contribution in [3.8, 4) is 17.2 Å². The van der Waals surface area contributed by atoms with E-state index in [1.165, 1.54) is 27.7 Å². The van der Waals surface area contributed by atoms with Crippen LogP contribution in [0.1, 0.15) is 0 Å². The molecule has 0 aliphatic carbocycles. The highest BCUT2D eigenvalue weighted by atomic mass is 32.2. The van der Waals surface area contributed by atoms with Crippen LogP contribution in [-0.4, -0.2) is 40.4 Å². The van der Waals surface area contributed by atoms with Gasteiger partial charge < -0.3 is 14.8 Å². The Morgan fingerprint density at radius 2 is 1.77 bits per heavy atom. The number of thiazole rings is 1. The Labute approximate surface area is 208 Å². The van der Waals surface area contributed by atoms with Gasteiger partial charge in [0.1, 0.15) is 11.5 Å². The zero-order chi connectivity index (χ0) is 24.4. The highest BCUT2D eigenvalue weighted by molar-refractivity contribution is 7.99. The smallest absolute Gasteiger partial charge is 0.266 e. The molecule has 176 valence electrons. The van der Waals surface area contributed by atoms with Gasteiger partial charge in [-0.2, -0.15) is 0 Å². The van der Waals surface area contributed by atoms with Crippen LogP contribution in [0.25, 0.3) is 26.8 Å². The SMILES string of the molecule is COc1cccc(-n2c(SCC(=O)Nc3nc4ccc(OC)cc4s3)nc3ccccc3c2=O)c1. The van der Waals surface area contributed by atoms with Gasteiger partial charge in [0.25, 0.3) is 5.56 Å². The summed E-state index contributed by atoms with van der Waals surface area (Å²) >= 11 is 2.55. The lowest BCUT2D eigenvalue weighted by atomic mass is 10.2. The maximum absolute atomic E-state index is 13.4. The van der Waals surface area contributed by atoms with Crippen LogP contribution >= 0.6 is 23.1 Å². The van der Waals surface area contributed by atoms with Gasteiger partial charge in [0.2, 0.25) is 5.91 Å². The summed E-state index contributed by atoms with van der Waals surface area (Å²) in [6.07, 6.45) is 0. The molecule has 10 heteroatoms. The summed E-state index contributed by atoms with van der Waals surface area (Å²) in [5.74, 6) is 1.14. The fourth-order valence-electron chi connectivity index (χ4n) is 3.56. The molecule has 0 spiro atoms. The third-order valence-corrected chi connectivity index (χ3v) is 7.10. The molecule has 0 unspecified atom stereocenters. The molecule has 5 rings (SSSR count). The maximum atomic E-state index is 13.4. The van der Waals surface area contributed by atoms with E-state index in [0.717, 1.165) is 16.0 Å². The van der Waals surface area contributed by atoms with Crippen LogP contribution in [0.15, 0.2) is 76.7 Å². The molecular weight excluding hydrogens is 484 g/mol. The van der Waals surface area contributed by atoms with Crippen molar-refractivity contribution < 1.29 is 14.3 Å². The molecule has 0 fully saturated rings. The predicted molar refractivity (Wildman–Crippen MR) is 139 cm³/mol. The number of carbonyl (C=O) groups excluding carboxylic acids is 1. The van der Waals surface area contributed by atoms with Gasteiger partial charge in [-0.15, -0.1) is 0 Å². The van der Waals surface area contributed by atoms with E-state index in [2.05, 4.69) is 15.3 Å². The Bertz CT molecular complexity index is 1610. The molecule has 0 saturated heterocycles. The normalized spacial score (nSPS) is 11.0. The van der Waals surface area contributed by atoms with Gasteiger partial charge in [0.15, 0.2) is 10.3 Å². The van der Waals surface area contributed by atoms with E-state index in [0.29, 0.717) is 32.6 Å². The van der Waals surface area contributed by atoms with Crippen LogP contribution in [0.5, 0.6) is 11.5 Å². The first-order chi connectivity index (χ1) is 17.1. The number of thioether (sulfide) groups is 1. The van der Waals surface area contributed by atoms with Gasteiger partial charge in [-0.1, -0.05) is 41.3 Å². The Kier molecular flexibility index (Phi) is 6.39. The fourth-order valence-corrected chi connectivity index (χ4v) is 5.28. The molecule has 0 aliphatic rings. The lowest BCUT2D eigenvalue weighted by Gasteiger charge is -2.14. The molecule has 0 bridgehead atoms. The van der Waals surface area contributed by atoms with E-state index in [4.69, 9.17) is 9.47 Å². The zero-order valence-corrected chi connectivity index (χ0v) is 20.5. The van der Waals surface area contributed by atoms with Crippen LogP contribution in [0.2, 0.25) is 0 Å². The van der Waals surface area contributed by atoms with E-state index in [1.807, 2.05) is 24.3 Å². The average Bonchev–Trinajstić information content (AvgIpc) is 3.28.